The molecular formula is C18H21BrO3. The number of halogens is 1. The summed E-state index contributed by atoms with van der Waals surface area (Å²) in [4.78, 5) is 0. The highest BCUT2D eigenvalue weighted by Gasteiger charge is 2.04. The molecule has 0 amide bonds. The van der Waals surface area contributed by atoms with Gasteiger partial charge in [-0.05, 0) is 77.3 Å². The summed E-state index contributed by atoms with van der Waals surface area (Å²) in [6.07, 6.45) is 0.825. The average Bonchev–Trinajstić information content (AvgIpc) is 2.52. The topological polar surface area (TPSA) is 27.7 Å². The molecule has 0 radical (unpaired) electrons. The van der Waals surface area contributed by atoms with E-state index in [0.717, 1.165) is 28.1 Å². The number of benzene rings is 2. The predicted octanol–water partition coefficient (Wildman–Crippen LogP) is 4.92. The monoisotopic (exact) mass is 364 g/mol. The third-order valence-electron chi connectivity index (χ3n) is 3.42. The molecule has 0 unspecified atom stereocenters. The first-order valence-corrected chi connectivity index (χ1v) is 8.06. The minimum Gasteiger partial charge on any atom is -0.497 e. The summed E-state index contributed by atoms with van der Waals surface area (Å²) in [6, 6.07) is 11.7. The SMILES string of the molecule is COc1ccc(OCCCOc2cc(C)c(C)cc2Br)cc1. The summed E-state index contributed by atoms with van der Waals surface area (Å²) < 4.78 is 17.6. The lowest BCUT2D eigenvalue weighted by atomic mass is 10.1. The van der Waals surface area contributed by atoms with Crippen molar-refractivity contribution >= 4 is 15.9 Å². The maximum atomic E-state index is 5.80. The van der Waals surface area contributed by atoms with E-state index in [2.05, 4.69) is 41.9 Å². The van der Waals surface area contributed by atoms with Gasteiger partial charge in [-0.2, -0.15) is 0 Å². The molecule has 22 heavy (non-hydrogen) atoms. The van der Waals surface area contributed by atoms with Gasteiger partial charge in [0, 0.05) is 6.42 Å². The molecule has 2 aromatic carbocycles. The van der Waals surface area contributed by atoms with E-state index in [9.17, 15) is 0 Å². The van der Waals surface area contributed by atoms with Crippen molar-refractivity contribution in [2.24, 2.45) is 0 Å². The molecule has 4 heteroatoms. The van der Waals surface area contributed by atoms with Crippen LogP contribution in [-0.4, -0.2) is 20.3 Å². The molecular weight excluding hydrogens is 344 g/mol. The Kier molecular flexibility index (Phi) is 6.13. The molecule has 2 aromatic rings. The molecule has 0 saturated heterocycles. The molecule has 0 N–H and O–H groups in total. The van der Waals surface area contributed by atoms with Crippen LogP contribution in [0, 0.1) is 13.8 Å². The van der Waals surface area contributed by atoms with E-state index >= 15 is 0 Å². The summed E-state index contributed by atoms with van der Waals surface area (Å²) in [5, 5.41) is 0. The second-order valence-corrected chi connectivity index (χ2v) is 5.95. The number of aryl methyl sites for hydroxylation is 2. The van der Waals surface area contributed by atoms with Crippen LogP contribution in [0.1, 0.15) is 17.5 Å². The van der Waals surface area contributed by atoms with E-state index in [1.807, 2.05) is 24.3 Å². The average molecular weight is 365 g/mol. The Bertz CT molecular complexity index is 608. The molecule has 0 saturated carbocycles. The Morgan fingerprint density at radius 2 is 1.45 bits per heavy atom. The first-order valence-electron chi connectivity index (χ1n) is 7.26. The lowest BCUT2D eigenvalue weighted by molar-refractivity contribution is 0.246. The zero-order chi connectivity index (χ0) is 15.9. The van der Waals surface area contributed by atoms with Crippen LogP contribution in [0.5, 0.6) is 17.2 Å². The fraction of sp³-hybridized carbons (Fsp3) is 0.333. The molecule has 3 nitrogen and oxygen atoms in total. The number of hydrogen-bond acceptors (Lipinski definition) is 3. The third-order valence-corrected chi connectivity index (χ3v) is 4.04. The van der Waals surface area contributed by atoms with E-state index in [-0.39, 0.29) is 0 Å². The van der Waals surface area contributed by atoms with Crippen molar-refractivity contribution in [3.05, 3.63) is 52.0 Å². The van der Waals surface area contributed by atoms with Crippen LogP contribution in [0.15, 0.2) is 40.9 Å². The number of ether oxygens (including phenoxy) is 3. The standard InChI is InChI=1S/C18H21BrO3/c1-13-11-17(19)18(12-14(13)2)22-10-4-9-21-16-7-5-15(20-3)6-8-16/h5-8,11-12H,4,9-10H2,1-3H3. The highest BCUT2D eigenvalue weighted by Crippen LogP contribution is 2.28. The van der Waals surface area contributed by atoms with Crippen molar-refractivity contribution < 1.29 is 14.2 Å². The van der Waals surface area contributed by atoms with Crippen molar-refractivity contribution in [2.45, 2.75) is 20.3 Å². The van der Waals surface area contributed by atoms with Gasteiger partial charge in [0.25, 0.3) is 0 Å². The highest BCUT2D eigenvalue weighted by molar-refractivity contribution is 9.10. The molecule has 0 aliphatic heterocycles. The van der Waals surface area contributed by atoms with Crippen LogP contribution in [0.4, 0.5) is 0 Å². The molecule has 0 atom stereocenters. The van der Waals surface area contributed by atoms with Gasteiger partial charge in [0.1, 0.15) is 17.2 Å². The Morgan fingerprint density at radius 3 is 2.14 bits per heavy atom. The van der Waals surface area contributed by atoms with Gasteiger partial charge in [-0.15, -0.1) is 0 Å². The van der Waals surface area contributed by atoms with Gasteiger partial charge in [0.05, 0.1) is 24.8 Å². The van der Waals surface area contributed by atoms with Crippen molar-refractivity contribution in [2.75, 3.05) is 20.3 Å². The summed E-state index contributed by atoms with van der Waals surface area (Å²) in [6.45, 7) is 5.42. The van der Waals surface area contributed by atoms with Crippen LogP contribution < -0.4 is 14.2 Å². The molecule has 0 aromatic heterocycles. The highest BCUT2D eigenvalue weighted by atomic mass is 79.9. The largest absolute Gasteiger partial charge is 0.497 e. The fourth-order valence-corrected chi connectivity index (χ4v) is 2.54. The minimum absolute atomic E-state index is 0.620. The zero-order valence-electron chi connectivity index (χ0n) is 13.2. The molecule has 0 fully saturated rings. The molecule has 0 spiro atoms. The van der Waals surface area contributed by atoms with Crippen molar-refractivity contribution in [1.82, 2.24) is 0 Å². The second-order valence-electron chi connectivity index (χ2n) is 5.09. The normalized spacial score (nSPS) is 10.4. The molecule has 118 valence electrons. The summed E-state index contributed by atoms with van der Waals surface area (Å²) in [5.74, 6) is 2.55. The Labute approximate surface area is 140 Å². The quantitative estimate of drug-likeness (QED) is 0.652. The first-order chi connectivity index (χ1) is 10.6. The van der Waals surface area contributed by atoms with Gasteiger partial charge in [-0.3, -0.25) is 0 Å². The number of hydrogen-bond donors (Lipinski definition) is 0. The van der Waals surface area contributed by atoms with Gasteiger partial charge in [-0.1, -0.05) is 0 Å². The molecule has 0 aliphatic rings. The summed E-state index contributed by atoms with van der Waals surface area (Å²) >= 11 is 3.53. The van der Waals surface area contributed by atoms with Crippen LogP contribution in [0.2, 0.25) is 0 Å². The number of rotatable bonds is 7. The second kappa shape index (κ2) is 8.08. The smallest absolute Gasteiger partial charge is 0.133 e. The van der Waals surface area contributed by atoms with E-state index in [1.54, 1.807) is 7.11 Å². The Hall–Kier alpha value is -1.68. The third kappa shape index (κ3) is 4.67. The zero-order valence-corrected chi connectivity index (χ0v) is 14.8. The van der Waals surface area contributed by atoms with Gasteiger partial charge >= 0.3 is 0 Å². The Morgan fingerprint density at radius 1 is 0.864 bits per heavy atom. The van der Waals surface area contributed by atoms with Gasteiger partial charge in [0.15, 0.2) is 0 Å². The molecule has 0 heterocycles. The van der Waals surface area contributed by atoms with Gasteiger partial charge in [-0.25, -0.2) is 0 Å². The fourth-order valence-electron chi connectivity index (χ4n) is 1.97. The maximum Gasteiger partial charge on any atom is 0.133 e. The lowest BCUT2D eigenvalue weighted by Gasteiger charge is -2.11. The van der Waals surface area contributed by atoms with Crippen molar-refractivity contribution in [3.8, 4) is 17.2 Å². The van der Waals surface area contributed by atoms with E-state index in [4.69, 9.17) is 14.2 Å². The van der Waals surface area contributed by atoms with Crippen molar-refractivity contribution in [1.29, 1.82) is 0 Å². The Balaban J connectivity index is 1.74. The van der Waals surface area contributed by atoms with Crippen LogP contribution in [-0.2, 0) is 0 Å². The van der Waals surface area contributed by atoms with Gasteiger partial charge in [0.2, 0.25) is 0 Å². The first kappa shape index (κ1) is 16.7. The summed E-state index contributed by atoms with van der Waals surface area (Å²) in [7, 11) is 1.65. The van der Waals surface area contributed by atoms with E-state index < -0.39 is 0 Å². The van der Waals surface area contributed by atoms with Crippen LogP contribution >= 0.6 is 15.9 Å². The molecule has 0 aliphatic carbocycles. The summed E-state index contributed by atoms with van der Waals surface area (Å²) in [5.41, 5.74) is 2.48. The lowest BCUT2D eigenvalue weighted by Crippen LogP contribution is -2.05. The maximum absolute atomic E-state index is 5.80. The van der Waals surface area contributed by atoms with Crippen molar-refractivity contribution in [3.63, 3.8) is 0 Å². The van der Waals surface area contributed by atoms with Gasteiger partial charge < -0.3 is 14.2 Å². The van der Waals surface area contributed by atoms with Crippen LogP contribution in [0.3, 0.4) is 0 Å². The van der Waals surface area contributed by atoms with Crippen LogP contribution in [0.25, 0.3) is 0 Å². The minimum atomic E-state index is 0.620. The van der Waals surface area contributed by atoms with E-state index in [1.165, 1.54) is 11.1 Å². The molecule has 2 rings (SSSR count). The predicted molar refractivity (Wildman–Crippen MR) is 92.2 cm³/mol. The number of methoxy groups -OCH3 is 1. The van der Waals surface area contributed by atoms with E-state index in [0.29, 0.717) is 13.2 Å². The molecule has 0 bridgehead atoms.